The zero-order valence-electron chi connectivity index (χ0n) is 11.5. The molecule has 0 saturated carbocycles. The molecule has 0 radical (unpaired) electrons. The molecule has 1 atom stereocenters. The highest BCUT2D eigenvalue weighted by Gasteiger charge is 2.06. The van der Waals surface area contributed by atoms with Crippen molar-refractivity contribution in [2.45, 2.75) is 13.8 Å². The van der Waals surface area contributed by atoms with Gasteiger partial charge in [0.05, 0.1) is 10.8 Å². The number of hydrogen-bond donors (Lipinski definition) is 0. The predicted octanol–water partition coefficient (Wildman–Crippen LogP) is 4.18. The smallest absolute Gasteiger partial charge is 0.0504 e. The molecule has 0 fully saturated rings. The zero-order valence-corrected chi connectivity index (χ0v) is 12.3. The fourth-order valence-electron chi connectivity index (χ4n) is 1.86. The van der Waals surface area contributed by atoms with Crippen LogP contribution in [0.3, 0.4) is 0 Å². The van der Waals surface area contributed by atoms with Crippen LogP contribution in [0, 0.1) is 13.8 Å². The minimum atomic E-state index is -1.01. The minimum Gasteiger partial charge on any atom is -0.255 e. The lowest BCUT2D eigenvalue weighted by molar-refractivity contribution is 0.692. The van der Waals surface area contributed by atoms with E-state index < -0.39 is 10.8 Å². The van der Waals surface area contributed by atoms with Crippen LogP contribution in [0.2, 0.25) is 0 Å². The van der Waals surface area contributed by atoms with Crippen LogP contribution in [0.25, 0.3) is 11.0 Å². The summed E-state index contributed by atoms with van der Waals surface area (Å²) >= 11 is 0. The molecule has 2 aromatic rings. The average Bonchev–Trinajstić information content (AvgIpc) is 2.39. The molecule has 1 nitrogen and oxygen atoms in total. The Hall–Kier alpha value is -1.67. The Morgan fingerprint density at radius 3 is 1.84 bits per heavy atom. The van der Waals surface area contributed by atoms with Gasteiger partial charge in [0, 0.05) is 11.2 Å². The zero-order chi connectivity index (χ0) is 13.8. The van der Waals surface area contributed by atoms with Gasteiger partial charge in [-0.15, -0.1) is 0 Å². The third kappa shape index (κ3) is 3.65. The molecule has 0 saturated heterocycles. The standard InChI is InChI=1S/C17H18OS/c1-13-4-8-15(9-5-13)12-17(19(3)18)16-10-6-14(2)7-11-16/h4-12H,1-3H3/b17-12+. The van der Waals surface area contributed by atoms with Crippen LogP contribution in [0.5, 0.6) is 0 Å². The van der Waals surface area contributed by atoms with Crippen molar-refractivity contribution in [2.24, 2.45) is 0 Å². The van der Waals surface area contributed by atoms with E-state index in [1.807, 2.05) is 30.3 Å². The van der Waals surface area contributed by atoms with Crippen LogP contribution in [0.1, 0.15) is 22.3 Å². The Balaban J connectivity index is 2.43. The van der Waals surface area contributed by atoms with Crippen molar-refractivity contribution >= 4 is 21.8 Å². The number of aryl methyl sites for hydroxylation is 2. The molecule has 0 spiro atoms. The Morgan fingerprint density at radius 1 is 0.895 bits per heavy atom. The molecule has 2 heteroatoms. The first-order chi connectivity index (χ1) is 9.06. The van der Waals surface area contributed by atoms with Crippen LogP contribution < -0.4 is 0 Å². The molecule has 2 rings (SSSR count). The second-order valence-electron chi connectivity index (χ2n) is 4.74. The van der Waals surface area contributed by atoms with Crippen molar-refractivity contribution < 1.29 is 4.21 Å². The van der Waals surface area contributed by atoms with Crippen LogP contribution in [-0.2, 0) is 10.8 Å². The average molecular weight is 270 g/mol. The topological polar surface area (TPSA) is 17.1 Å². The van der Waals surface area contributed by atoms with Crippen molar-refractivity contribution in [3.05, 3.63) is 70.8 Å². The summed E-state index contributed by atoms with van der Waals surface area (Å²) in [5.41, 5.74) is 4.54. The number of hydrogen-bond acceptors (Lipinski definition) is 1. The second-order valence-corrected chi connectivity index (χ2v) is 6.09. The normalized spacial score (nSPS) is 13.3. The highest BCUT2D eigenvalue weighted by atomic mass is 32.2. The fourth-order valence-corrected chi connectivity index (χ4v) is 2.63. The van der Waals surface area contributed by atoms with Gasteiger partial charge in [-0.25, -0.2) is 0 Å². The number of benzene rings is 2. The van der Waals surface area contributed by atoms with Gasteiger partial charge in [-0.2, -0.15) is 0 Å². The molecule has 1 unspecified atom stereocenters. The van der Waals surface area contributed by atoms with Gasteiger partial charge in [0.25, 0.3) is 0 Å². The summed E-state index contributed by atoms with van der Waals surface area (Å²) < 4.78 is 11.9. The van der Waals surface area contributed by atoms with E-state index >= 15 is 0 Å². The van der Waals surface area contributed by atoms with E-state index in [1.54, 1.807) is 6.26 Å². The van der Waals surface area contributed by atoms with E-state index in [4.69, 9.17) is 0 Å². The highest BCUT2D eigenvalue weighted by Crippen LogP contribution is 2.21. The van der Waals surface area contributed by atoms with Gasteiger partial charge in [-0.1, -0.05) is 59.7 Å². The molecule has 98 valence electrons. The molecule has 0 aromatic heterocycles. The molecule has 0 heterocycles. The van der Waals surface area contributed by atoms with E-state index in [2.05, 4.69) is 38.1 Å². The monoisotopic (exact) mass is 270 g/mol. The summed E-state index contributed by atoms with van der Waals surface area (Å²) in [4.78, 5) is 0.865. The predicted molar refractivity (Wildman–Crippen MR) is 84.3 cm³/mol. The van der Waals surface area contributed by atoms with Crippen molar-refractivity contribution in [1.82, 2.24) is 0 Å². The summed E-state index contributed by atoms with van der Waals surface area (Å²) in [5.74, 6) is 0. The molecule has 0 aliphatic heterocycles. The molecule has 0 N–H and O–H groups in total. The maximum absolute atomic E-state index is 11.9. The van der Waals surface area contributed by atoms with Crippen LogP contribution >= 0.6 is 0 Å². The van der Waals surface area contributed by atoms with Gasteiger partial charge in [0.1, 0.15) is 0 Å². The molecule has 19 heavy (non-hydrogen) atoms. The molecule has 0 aliphatic carbocycles. The summed E-state index contributed by atoms with van der Waals surface area (Å²) in [6.07, 6.45) is 3.72. The lowest BCUT2D eigenvalue weighted by atomic mass is 10.1. The van der Waals surface area contributed by atoms with Gasteiger partial charge in [-0.05, 0) is 31.1 Å². The maximum Gasteiger partial charge on any atom is 0.0504 e. The maximum atomic E-state index is 11.9. The Labute approximate surface area is 117 Å². The van der Waals surface area contributed by atoms with E-state index in [1.165, 1.54) is 11.1 Å². The van der Waals surface area contributed by atoms with Gasteiger partial charge in [-0.3, -0.25) is 4.21 Å². The molecular formula is C17H18OS. The van der Waals surface area contributed by atoms with Gasteiger partial charge in [0.15, 0.2) is 0 Å². The van der Waals surface area contributed by atoms with Crippen molar-refractivity contribution in [2.75, 3.05) is 6.26 Å². The Morgan fingerprint density at radius 2 is 1.37 bits per heavy atom. The second kappa shape index (κ2) is 5.98. The fraction of sp³-hybridized carbons (Fsp3) is 0.176. The summed E-state index contributed by atoms with van der Waals surface area (Å²) in [7, 11) is -1.01. The van der Waals surface area contributed by atoms with Crippen LogP contribution in [0.15, 0.2) is 48.5 Å². The Bertz CT molecular complexity index is 607. The van der Waals surface area contributed by atoms with E-state index in [0.717, 1.165) is 16.0 Å². The first-order valence-corrected chi connectivity index (χ1v) is 7.81. The Kier molecular flexibility index (Phi) is 4.33. The SMILES string of the molecule is Cc1ccc(/C=C(\c2ccc(C)cc2)S(C)=O)cc1. The largest absolute Gasteiger partial charge is 0.255 e. The van der Waals surface area contributed by atoms with Crippen LogP contribution in [0.4, 0.5) is 0 Å². The lowest BCUT2D eigenvalue weighted by Crippen LogP contribution is -1.92. The lowest BCUT2D eigenvalue weighted by Gasteiger charge is -2.06. The van der Waals surface area contributed by atoms with E-state index in [-0.39, 0.29) is 0 Å². The van der Waals surface area contributed by atoms with Gasteiger partial charge in [0.2, 0.25) is 0 Å². The molecule has 0 bridgehead atoms. The van der Waals surface area contributed by atoms with Crippen LogP contribution in [-0.4, -0.2) is 10.5 Å². The van der Waals surface area contributed by atoms with E-state index in [0.29, 0.717) is 0 Å². The molecule has 2 aromatic carbocycles. The minimum absolute atomic E-state index is 0.865. The van der Waals surface area contributed by atoms with Crippen molar-refractivity contribution in [3.8, 4) is 0 Å². The number of rotatable bonds is 3. The molecule has 0 amide bonds. The van der Waals surface area contributed by atoms with Crippen molar-refractivity contribution in [3.63, 3.8) is 0 Å². The molecule has 0 aliphatic rings. The highest BCUT2D eigenvalue weighted by molar-refractivity contribution is 7.94. The summed E-state index contributed by atoms with van der Waals surface area (Å²) in [6.45, 7) is 4.11. The third-order valence-corrected chi connectivity index (χ3v) is 3.99. The quantitative estimate of drug-likeness (QED) is 0.765. The van der Waals surface area contributed by atoms with Crippen molar-refractivity contribution in [1.29, 1.82) is 0 Å². The van der Waals surface area contributed by atoms with Gasteiger partial charge < -0.3 is 0 Å². The first-order valence-electron chi connectivity index (χ1n) is 6.25. The third-order valence-electron chi connectivity index (χ3n) is 3.02. The summed E-state index contributed by atoms with van der Waals surface area (Å²) in [5, 5.41) is 0. The molecular weight excluding hydrogens is 252 g/mol. The van der Waals surface area contributed by atoms with Gasteiger partial charge >= 0.3 is 0 Å². The van der Waals surface area contributed by atoms with E-state index in [9.17, 15) is 4.21 Å². The first kappa shape index (κ1) is 13.8. The summed E-state index contributed by atoms with van der Waals surface area (Å²) in [6, 6.07) is 16.4.